The van der Waals surface area contributed by atoms with Crippen molar-refractivity contribution in [3.63, 3.8) is 0 Å². The van der Waals surface area contributed by atoms with Gasteiger partial charge in [0.1, 0.15) is 11.1 Å². The van der Waals surface area contributed by atoms with Gasteiger partial charge in [0, 0.05) is 10.6 Å². The fraction of sp³-hybridized carbons (Fsp3) is 0.0667. The summed E-state index contributed by atoms with van der Waals surface area (Å²) in [6.07, 6.45) is 1.81. The van der Waals surface area contributed by atoms with Gasteiger partial charge < -0.3 is 4.74 Å². The van der Waals surface area contributed by atoms with Crippen molar-refractivity contribution >= 4 is 41.3 Å². The minimum Gasteiger partial charge on any atom is -0.497 e. The van der Waals surface area contributed by atoms with Crippen molar-refractivity contribution in [2.75, 3.05) is 7.11 Å². The van der Waals surface area contributed by atoms with E-state index in [2.05, 4.69) is 5.43 Å². The summed E-state index contributed by atoms with van der Waals surface area (Å²) in [5, 5.41) is 1.57. The zero-order valence-electron chi connectivity index (χ0n) is 19.9. The van der Waals surface area contributed by atoms with Crippen molar-refractivity contribution in [3.8, 4) is 16.9 Å². The van der Waals surface area contributed by atoms with E-state index >= 15 is 0 Å². The minimum absolute atomic E-state index is 0.282. The molecule has 0 spiro atoms. The van der Waals surface area contributed by atoms with Crippen molar-refractivity contribution in [2.24, 2.45) is 0 Å². The predicted octanol–water partition coefficient (Wildman–Crippen LogP) is 6.98. The summed E-state index contributed by atoms with van der Waals surface area (Å²) in [4.78, 5) is 27.2. The lowest BCUT2D eigenvalue weighted by molar-refractivity contribution is -0.128. The van der Waals surface area contributed by atoms with Crippen molar-refractivity contribution < 1.29 is 14.3 Å². The topological polar surface area (TPSA) is 58.6 Å². The van der Waals surface area contributed by atoms with Crippen molar-refractivity contribution in [2.45, 2.75) is 5.37 Å². The highest BCUT2D eigenvalue weighted by atomic mass is 35.5. The van der Waals surface area contributed by atoms with E-state index in [1.54, 1.807) is 37.5 Å². The van der Waals surface area contributed by atoms with Crippen molar-refractivity contribution in [1.82, 2.24) is 10.4 Å². The maximum atomic E-state index is 13.5. The number of rotatable bonds is 6. The number of amides is 2. The summed E-state index contributed by atoms with van der Waals surface area (Å²) in [6, 6.07) is 32.0. The van der Waals surface area contributed by atoms with Gasteiger partial charge in [0.2, 0.25) is 0 Å². The zero-order valence-corrected chi connectivity index (χ0v) is 21.5. The summed E-state index contributed by atoms with van der Waals surface area (Å²) in [5.41, 5.74) is 7.08. The second-order valence-electron chi connectivity index (χ2n) is 8.36. The first-order valence-electron chi connectivity index (χ1n) is 11.6. The molecule has 1 atom stereocenters. The Morgan fingerprint density at radius 1 is 0.892 bits per heavy atom. The van der Waals surface area contributed by atoms with E-state index in [0.29, 0.717) is 21.2 Å². The lowest BCUT2D eigenvalue weighted by Gasteiger charge is -2.24. The summed E-state index contributed by atoms with van der Waals surface area (Å²) in [5.74, 6) is 0.0685. The Hall–Kier alpha value is -4.00. The number of hydrogen-bond acceptors (Lipinski definition) is 4. The molecule has 1 aliphatic rings. The van der Waals surface area contributed by atoms with Crippen LogP contribution in [0.25, 0.3) is 17.2 Å². The molecule has 0 radical (unpaired) electrons. The summed E-state index contributed by atoms with van der Waals surface area (Å²) in [7, 11) is 1.60. The number of benzene rings is 4. The number of halogens is 1. The van der Waals surface area contributed by atoms with Crippen LogP contribution in [0.3, 0.4) is 0 Å². The molecule has 184 valence electrons. The molecule has 5 rings (SSSR count). The molecule has 1 N–H and O–H groups in total. The Kier molecular flexibility index (Phi) is 7.30. The Balaban J connectivity index is 1.41. The van der Waals surface area contributed by atoms with Crippen LogP contribution in [0, 0.1) is 0 Å². The SMILES string of the molecule is COc1ccc(C2S/C(=C\c3ccc(Cl)cc3)C(=O)N2NC(=O)c2ccc(-c3ccccc3)cc2)cc1. The molecule has 1 unspecified atom stereocenters. The Morgan fingerprint density at radius 2 is 1.54 bits per heavy atom. The summed E-state index contributed by atoms with van der Waals surface area (Å²) in [6.45, 7) is 0. The molecule has 37 heavy (non-hydrogen) atoms. The van der Waals surface area contributed by atoms with Gasteiger partial charge in [-0.25, -0.2) is 5.01 Å². The first-order valence-corrected chi connectivity index (χ1v) is 12.9. The molecule has 2 amide bonds. The molecule has 1 saturated heterocycles. The van der Waals surface area contributed by atoms with E-state index < -0.39 is 5.37 Å². The number of carbonyl (C=O) groups is 2. The zero-order chi connectivity index (χ0) is 25.8. The number of carbonyl (C=O) groups excluding carboxylic acids is 2. The van der Waals surface area contributed by atoms with Gasteiger partial charge in [-0.1, -0.05) is 90.1 Å². The Labute approximate surface area is 224 Å². The smallest absolute Gasteiger partial charge is 0.280 e. The third kappa shape index (κ3) is 5.56. The molecule has 4 aromatic carbocycles. The van der Waals surface area contributed by atoms with Gasteiger partial charge in [-0.05, 0) is 64.7 Å². The molecule has 7 heteroatoms. The maximum absolute atomic E-state index is 13.5. The van der Waals surface area contributed by atoms with Gasteiger partial charge >= 0.3 is 0 Å². The third-order valence-electron chi connectivity index (χ3n) is 5.95. The Bertz CT molecular complexity index is 1440. The van der Waals surface area contributed by atoms with Gasteiger partial charge in [0.15, 0.2) is 0 Å². The largest absolute Gasteiger partial charge is 0.497 e. The highest BCUT2D eigenvalue weighted by molar-refractivity contribution is 8.04. The highest BCUT2D eigenvalue weighted by Gasteiger charge is 2.38. The molecule has 5 nitrogen and oxygen atoms in total. The van der Waals surface area contributed by atoms with E-state index in [9.17, 15) is 9.59 Å². The fourth-order valence-corrected chi connectivity index (χ4v) is 5.29. The number of nitrogens with zero attached hydrogens (tertiary/aromatic N) is 1. The maximum Gasteiger partial charge on any atom is 0.280 e. The second-order valence-corrected chi connectivity index (χ2v) is 9.92. The molecular weight excluding hydrogens is 504 g/mol. The van der Waals surface area contributed by atoms with Crippen LogP contribution in [0.1, 0.15) is 26.9 Å². The summed E-state index contributed by atoms with van der Waals surface area (Å²) < 4.78 is 5.27. The Morgan fingerprint density at radius 3 is 2.19 bits per heavy atom. The van der Waals surface area contributed by atoms with Crippen LogP contribution in [0.4, 0.5) is 0 Å². The van der Waals surface area contributed by atoms with E-state index in [-0.39, 0.29) is 11.8 Å². The van der Waals surface area contributed by atoms with Gasteiger partial charge in [-0.3, -0.25) is 15.0 Å². The van der Waals surface area contributed by atoms with Crippen LogP contribution in [0.2, 0.25) is 5.02 Å². The average Bonchev–Trinajstić information content (AvgIpc) is 3.25. The quantitative estimate of drug-likeness (QED) is 0.275. The van der Waals surface area contributed by atoms with Gasteiger partial charge in [-0.15, -0.1) is 0 Å². The van der Waals surface area contributed by atoms with Crippen molar-refractivity contribution in [1.29, 1.82) is 0 Å². The number of nitrogens with one attached hydrogen (secondary N) is 1. The fourth-order valence-electron chi connectivity index (χ4n) is 3.97. The molecule has 0 bridgehead atoms. The lowest BCUT2D eigenvalue weighted by Crippen LogP contribution is -2.44. The molecule has 1 aliphatic heterocycles. The second kappa shape index (κ2) is 10.9. The van der Waals surface area contributed by atoms with Crippen molar-refractivity contribution in [3.05, 3.63) is 130 Å². The van der Waals surface area contributed by atoms with E-state index in [1.807, 2.05) is 78.9 Å². The van der Waals surface area contributed by atoms with Crippen LogP contribution < -0.4 is 10.2 Å². The average molecular weight is 527 g/mol. The van der Waals surface area contributed by atoms with Crippen LogP contribution >= 0.6 is 23.4 Å². The third-order valence-corrected chi connectivity index (χ3v) is 7.45. The lowest BCUT2D eigenvalue weighted by atomic mass is 10.0. The molecule has 0 aromatic heterocycles. The molecule has 1 heterocycles. The number of hydrogen-bond donors (Lipinski definition) is 1. The minimum atomic E-state index is -0.440. The van der Waals surface area contributed by atoms with Crippen LogP contribution in [0.5, 0.6) is 5.75 Å². The number of thioether (sulfide) groups is 1. The first kappa shape index (κ1) is 24.7. The predicted molar refractivity (Wildman–Crippen MR) is 149 cm³/mol. The molecule has 1 fully saturated rings. The van der Waals surface area contributed by atoms with Gasteiger partial charge in [0.05, 0.1) is 12.0 Å². The van der Waals surface area contributed by atoms with E-state index in [1.165, 1.54) is 16.8 Å². The standard InChI is InChI=1S/C30H23ClN2O3S/c1-36-26-17-13-24(14-18-26)30-33(29(35)27(37-30)19-20-7-15-25(31)16-8-20)32-28(34)23-11-9-22(10-12-23)21-5-3-2-4-6-21/h2-19,30H,1H3,(H,32,34)/b27-19-. The summed E-state index contributed by atoms with van der Waals surface area (Å²) >= 11 is 7.39. The normalized spacial score (nSPS) is 16.2. The molecular formula is C30H23ClN2O3S. The molecule has 4 aromatic rings. The molecule has 0 aliphatic carbocycles. The van der Waals surface area contributed by atoms with Gasteiger partial charge in [0.25, 0.3) is 11.8 Å². The monoisotopic (exact) mass is 526 g/mol. The van der Waals surface area contributed by atoms with Crippen LogP contribution in [0.15, 0.2) is 108 Å². The van der Waals surface area contributed by atoms with Crippen LogP contribution in [-0.4, -0.2) is 23.9 Å². The van der Waals surface area contributed by atoms with E-state index in [0.717, 1.165) is 22.3 Å². The number of hydrazine groups is 1. The number of ether oxygens (including phenoxy) is 1. The van der Waals surface area contributed by atoms with E-state index in [4.69, 9.17) is 16.3 Å². The number of methoxy groups -OCH3 is 1. The van der Waals surface area contributed by atoms with Crippen LogP contribution in [-0.2, 0) is 4.79 Å². The van der Waals surface area contributed by atoms with Gasteiger partial charge in [-0.2, -0.15) is 0 Å². The highest BCUT2D eigenvalue weighted by Crippen LogP contribution is 2.45. The first-order chi connectivity index (χ1) is 18.0. The molecule has 0 saturated carbocycles.